The van der Waals surface area contributed by atoms with E-state index in [0.717, 1.165) is 5.69 Å². The Morgan fingerprint density at radius 1 is 1.19 bits per heavy atom. The minimum Gasteiger partial charge on any atom is -0.493 e. The molecule has 0 atom stereocenters. The molecule has 0 saturated heterocycles. The van der Waals surface area contributed by atoms with E-state index in [1.54, 1.807) is 32.5 Å². The molecule has 0 bridgehead atoms. The van der Waals surface area contributed by atoms with Crippen molar-refractivity contribution >= 4 is 5.69 Å². The van der Waals surface area contributed by atoms with Gasteiger partial charge >= 0.3 is 0 Å². The van der Waals surface area contributed by atoms with E-state index in [1.807, 2.05) is 12.1 Å². The monoisotopic (exact) mass is 286 g/mol. The number of nitrogen functional groups attached to an aromatic ring is 1. The van der Waals surface area contributed by atoms with Crippen molar-refractivity contribution in [3.63, 3.8) is 0 Å². The fourth-order valence-corrected chi connectivity index (χ4v) is 1.99. The minimum absolute atomic E-state index is 0.318. The number of aromatic nitrogens is 3. The molecule has 0 fully saturated rings. The van der Waals surface area contributed by atoms with Crippen LogP contribution in [0.4, 0.5) is 5.69 Å². The number of H-pyrrole nitrogens is 1. The number of nitrogens with one attached hydrogen (secondary N) is 1. The van der Waals surface area contributed by atoms with Crippen LogP contribution in [-0.4, -0.2) is 29.3 Å². The lowest BCUT2D eigenvalue weighted by atomic mass is 10.1. The number of nitrogens with two attached hydrogens (primary N) is 1. The second-order valence-electron chi connectivity index (χ2n) is 4.30. The normalized spacial score (nSPS) is 10.6. The predicted molar refractivity (Wildman–Crippen MR) is 77.0 cm³/mol. The Kier molecular flexibility index (Phi) is 3.23. The molecule has 3 rings (SSSR count). The molecule has 1 aromatic carbocycles. The summed E-state index contributed by atoms with van der Waals surface area (Å²) in [6.07, 6.45) is 1.79. The van der Waals surface area contributed by atoms with Crippen LogP contribution < -0.4 is 15.2 Å². The zero-order valence-corrected chi connectivity index (χ0v) is 11.6. The maximum Gasteiger partial charge on any atom is 0.260 e. The van der Waals surface area contributed by atoms with E-state index >= 15 is 0 Å². The number of hydrogen-bond donors (Lipinski definition) is 2. The summed E-state index contributed by atoms with van der Waals surface area (Å²) < 4.78 is 15.7. The van der Waals surface area contributed by atoms with Gasteiger partial charge in [-0.25, -0.2) is 0 Å². The first-order valence-electron chi connectivity index (χ1n) is 6.22. The van der Waals surface area contributed by atoms with Crippen LogP contribution in [0.15, 0.2) is 35.0 Å². The third-order valence-corrected chi connectivity index (χ3v) is 3.05. The van der Waals surface area contributed by atoms with Crippen LogP contribution in [0.5, 0.6) is 11.5 Å². The minimum atomic E-state index is 0.318. The van der Waals surface area contributed by atoms with Crippen molar-refractivity contribution in [2.24, 2.45) is 0 Å². The van der Waals surface area contributed by atoms with Crippen molar-refractivity contribution in [1.82, 2.24) is 15.1 Å². The number of methoxy groups -OCH3 is 2. The Morgan fingerprint density at radius 3 is 2.62 bits per heavy atom. The first-order chi connectivity index (χ1) is 10.2. The molecule has 0 unspecified atom stereocenters. The summed E-state index contributed by atoms with van der Waals surface area (Å²) in [5.41, 5.74) is 7.84. The molecule has 2 heterocycles. The average molecular weight is 286 g/mol. The maximum absolute atomic E-state index is 6.01. The zero-order valence-electron chi connectivity index (χ0n) is 11.6. The lowest BCUT2D eigenvalue weighted by Crippen LogP contribution is -1.96. The van der Waals surface area contributed by atoms with Gasteiger partial charge in [0.2, 0.25) is 5.82 Å². The number of hydrogen-bond acceptors (Lipinski definition) is 6. The summed E-state index contributed by atoms with van der Waals surface area (Å²) in [7, 11) is 3.10. The Bertz CT molecular complexity index is 750. The average Bonchev–Trinajstić information content (AvgIpc) is 3.17. The van der Waals surface area contributed by atoms with Crippen molar-refractivity contribution in [3.05, 3.63) is 30.5 Å². The Morgan fingerprint density at radius 2 is 1.95 bits per heavy atom. The van der Waals surface area contributed by atoms with Gasteiger partial charge in [-0.3, -0.25) is 0 Å². The number of nitrogens with zero attached hydrogens (tertiary/aromatic N) is 2. The molecule has 7 heteroatoms. The van der Waals surface area contributed by atoms with Gasteiger partial charge in [-0.05, 0) is 18.2 Å². The lowest BCUT2D eigenvalue weighted by Gasteiger charge is -2.10. The summed E-state index contributed by atoms with van der Waals surface area (Å²) in [5, 5.41) is 3.93. The molecule has 108 valence electrons. The van der Waals surface area contributed by atoms with Crippen molar-refractivity contribution in [2.45, 2.75) is 0 Å². The van der Waals surface area contributed by atoms with Crippen LogP contribution in [0.25, 0.3) is 23.0 Å². The molecular formula is C14H14N4O3. The number of rotatable bonds is 4. The predicted octanol–water partition coefficient (Wildman–Crippen LogP) is 2.33. The van der Waals surface area contributed by atoms with Crippen LogP contribution >= 0.6 is 0 Å². The van der Waals surface area contributed by atoms with Gasteiger partial charge in [-0.1, -0.05) is 5.16 Å². The van der Waals surface area contributed by atoms with E-state index in [-0.39, 0.29) is 0 Å². The molecule has 0 aliphatic heterocycles. The molecule has 7 nitrogen and oxygen atoms in total. The summed E-state index contributed by atoms with van der Waals surface area (Å²) in [4.78, 5) is 7.34. The quantitative estimate of drug-likeness (QED) is 0.714. The third kappa shape index (κ3) is 2.29. The molecule has 0 radical (unpaired) electrons. The van der Waals surface area contributed by atoms with Gasteiger partial charge in [0.1, 0.15) is 0 Å². The number of anilines is 1. The van der Waals surface area contributed by atoms with E-state index in [1.165, 1.54) is 0 Å². The van der Waals surface area contributed by atoms with Gasteiger partial charge in [0, 0.05) is 18.0 Å². The van der Waals surface area contributed by atoms with Crippen molar-refractivity contribution in [1.29, 1.82) is 0 Å². The maximum atomic E-state index is 6.01. The Balaban J connectivity index is 2.04. The third-order valence-electron chi connectivity index (χ3n) is 3.05. The van der Waals surface area contributed by atoms with E-state index in [4.69, 9.17) is 19.7 Å². The molecule has 3 aromatic rings. The molecule has 3 N–H and O–H groups in total. The summed E-state index contributed by atoms with van der Waals surface area (Å²) in [5.74, 6) is 1.87. The van der Waals surface area contributed by atoms with Crippen molar-refractivity contribution < 1.29 is 14.0 Å². The second-order valence-corrected chi connectivity index (χ2v) is 4.30. The molecular weight excluding hydrogens is 272 g/mol. The molecule has 0 amide bonds. The fraction of sp³-hybridized carbons (Fsp3) is 0.143. The van der Waals surface area contributed by atoms with Gasteiger partial charge in [-0.2, -0.15) is 4.98 Å². The highest BCUT2D eigenvalue weighted by molar-refractivity contribution is 5.75. The highest BCUT2D eigenvalue weighted by atomic mass is 16.5. The molecule has 0 aliphatic carbocycles. The molecule has 0 saturated carbocycles. The smallest absolute Gasteiger partial charge is 0.260 e. The topological polar surface area (TPSA) is 99.2 Å². The number of ether oxygens (including phenoxy) is 2. The van der Waals surface area contributed by atoms with Crippen LogP contribution in [-0.2, 0) is 0 Å². The highest BCUT2D eigenvalue weighted by Crippen LogP contribution is 2.36. The van der Waals surface area contributed by atoms with Gasteiger partial charge in [-0.15, -0.1) is 0 Å². The largest absolute Gasteiger partial charge is 0.493 e. The fourth-order valence-electron chi connectivity index (χ4n) is 1.99. The first-order valence-corrected chi connectivity index (χ1v) is 6.22. The van der Waals surface area contributed by atoms with Gasteiger partial charge in [0.05, 0.1) is 25.5 Å². The zero-order chi connectivity index (χ0) is 14.8. The lowest BCUT2D eigenvalue weighted by molar-refractivity contribution is 0.355. The van der Waals surface area contributed by atoms with Crippen LogP contribution in [0.3, 0.4) is 0 Å². The Hall–Kier alpha value is -2.96. The summed E-state index contributed by atoms with van der Waals surface area (Å²) in [6, 6.07) is 7.08. The van der Waals surface area contributed by atoms with Crippen LogP contribution in [0.1, 0.15) is 0 Å². The standard InChI is InChI=1S/C14H14N4O3/c1-19-11-6-8(9(15)7-12(11)20-2)14-17-13(18-21-14)10-4-3-5-16-10/h3-7,16H,15H2,1-2H3. The molecule has 2 aromatic heterocycles. The number of benzene rings is 1. The first kappa shape index (κ1) is 13.0. The van der Waals surface area contributed by atoms with Gasteiger partial charge in [0.15, 0.2) is 11.5 Å². The summed E-state index contributed by atoms with van der Waals surface area (Å²) >= 11 is 0. The second kappa shape index (κ2) is 5.20. The van der Waals surface area contributed by atoms with E-state index in [0.29, 0.717) is 34.5 Å². The van der Waals surface area contributed by atoms with Crippen molar-refractivity contribution in [2.75, 3.05) is 20.0 Å². The molecule has 0 spiro atoms. The van der Waals surface area contributed by atoms with E-state index in [2.05, 4.69) is 15.1 Å². The van der Waals surface area contributed by atoms with Crippen molar-refractivity contribution in [3.8, 4) is 34.5 Å². The van der Waals surface area contributed by atoms with E-state index < -0.39 is 0 Å². The van der Waals surface area contributed by atoms with Gasteiger partial charge in [0.25, 0.3) is 5.89 Å². The summed E-state index contributed by atoms with van der Waals surface area (Å²) in [6.45, 7) is 0. The van der Waals surface area contributed by atoms with Crippen LogP contribution in [0, 0.1) is 0 Å². The SMILES string of the molecule is COc1cc(N)c(-c2nc(-c3ccc[nH]3)no2)cc1OC. The molecule has 0 aliphatic rings. The molecule has 21 heavy (non-hydrogen) atoms. The highest BCUT2D eigenvalue weighted by Gasteiger charge is 2.17. The van der Waals surface area contributed by atoms with Gasteiger partial charge < -0.3 is 24.7 Å². The number of aromatic amines is 1. The van der Waals surface area contributed by atoms with Crippen LogP contribution in [0.2, 0.25) is 0 Å². The van der Waals surface area contributed by atoms with E-state index in [9.17, 15) is 0 Å². The Labute approximate surface area is 120 Å².